The molecule has 0 aliphatic carbocycles. The molecule has 2 heterocycles. The third-order valence-corrected chi connectivity index (χ3v) is 7.03. The molecule has 0 saturated carbocycles. The predicted octanol–water partition coefficient (Wildman–Crippen LogP) is 5.86. The molecule has 3 amide bonds. The molecular weight excluding hydrogens is 546 g/mol. The van der Waals surface area contributed by atoms with Crippen LogP contribution in [-0.2, 0) is 11.8 Å². The molecule has 3 N–H and O–H groups in total. The van der Waals surface area contributed by atoms with Crippen molar-refractivity contribution in [2.75, 3.05) is 28.0 Å². The molecule has 3 aromatic carbocycles. The van der Waals surface area contributed by atoms with Crippen LogP contribution in [0.5, 0.6) is 5.75 Å². The number of anilines is 3. The number of carbonyl (C=O) groups excluding carboxylic acids is 3. The Bertz CT molecular complexity index is 1680. The van der Waals surface area contributed by atoms with Gasteiger partial charge < -0.3 is 24.6 Å². The van der Waals surface area contributed by atoms with E-state index in [0.717, 1.165) is 10.9 Å². The Hall–Kier alpha value is -4.57. The molecule has 4 aromatic rings. The van der Waals surface area contributed by atoms with Gasteiger partial charge in [-0.15, -0.1) is 11.6 Å². The fourth-order valence-electron chi connectivity index (χ4n) is 4.94. The molecule has 0 spiro atoms. The van der Waals surface area contributed by atoms with Gasteiger partial charge in [0.2, 0.25) is 5.82 Å². The highest BCUT2D eigenvalue weighted by molar-refractivity contribution is 6.19. The van der Waals surface area contributed by atoms with E-state index in [1.807, 2.05) is 24.3 Å². The second kappa shape index (κ2) is 10.8. The highest BCUT2D eigenvalue weighted by Gasteiger charge is 2.36. The van der Waals surface area contributed by atoms with Crippen molar-refractivity contribution < 1.29 is 24.2 Å². The number of halogens is 1. The summed E-state index contributed by atoms with van der Waals surface area (Å²) >= 11 is 6.31. The number of rotatable bonds is 5. The van der Waals surface area contributed by atoms with Crippen LogP contribution in [-0.4, -0.2) is 50.6 Å². The minimum atomic E-state index is -0.663. The van der Waals surface area contributed by atoms with Gasteiger partial charge in [-0.2, -0.15) is 0 Å². The summed E-state index contributed by atoms with van der Waals surface area (Å²) in [6, 6.07) is 15.4. The first-order valence-corrected chi connectivity index (χ1v) is 13.6. The summed E-state index contributed by atoms with van der Waals surface area (Å²) in [6.45, 7) is 5.60. The highest BCUT2D eigenvalue weighted by atomic mass is 35.5. The second-order valence-corrected chi connectivity index (χ2v) is 11.2. The standard InChI is InChI=1S/C30H30ClN5O5/c1-30(2,3)41-29(40)32-19-9-7-8-17(12-19)27(38)34-24-16-35(4)26(33-24)28(39)36-15-18(14-31)25-21-11-6-5-10-20(21)23(37)13-22(25)36/h5-13,16,18,37H,14-15H2,1-4H3,(H,32,40)(H,34,38)/t18-/m1/s1. The zero-order valence-electron chi connectivity index (χ0n) is 23.1. The van der Waals surface area contributed by atoms with Crippen LogP contribution < -0.4 is 15.5 Å². The normalized spacial score (nSPS) is 14.6. The average molecular weight is 576 g/mol. The van der Waals surface area contributed by atoms with Crippen LogP contribution in [0.2, 0.25) is 0 Å². The molecule has 212 valence electrons. The van der Waals surface area contributed by atoms with Crippen LogP contribution in [0.15, 0.2) is 60.8 Å². The number of nitrogens with zero attached hydrogens (tertiary/aromatic N) is 3. The molecule has 1 atom stereocenters. The minimum Gasteiger partial charge on any atom is -0.507 e. The Morgan fingerprint density at radius 1 is 1.07 bits per heavy atom. The SMILES string of the molecule is Cn1cc(NC(=O)c2cccc(NC(=O)OC(C)(C)C)c2)nc1C(=O)N1C[C@@H](CCl)c2c1cc(O)c1ccccc21. The lowest BCUT2D eigenvalue weighted by atomic mass is 9.95. The van der Waals surface area contributed by atoms with Crippen molar-refractivity contribution in [1.82, 2.24) is 9.55 Å². The number of benzene rings is 3. The molecule has 0 unspecified atom stereocenters. The number of alkyl halides is 1. The molecule has 10 nitrogen and oxygen atoms in total. The fraction of sp³-hybridized carbons (Fsp3) is 0.267. The number of fused-ring (bicyclic) bond motifs is 3. The smallest absolute Gasteiger partial charge is 0.412 e. The summed E-state index contributed by atoms with van der Waals surface area (Å²) in [4.78, 5) is 44.8. The molecule has 11 heteroatoms. The molecule has 0 radical (unpaired) electrons. The van der Waals surface area contributed by atoms with Crippen molar-refractivity contribution in [2.24, 2.45) is 7.05 Å². The van der Waals surface area contributed by atoms with Crippen molar-refractivity contribution in [2.45, 2.75) is 32.3 Å². The van der Waals surface area contributed by atoms with E-state index in [4.69, 9.17) is 16.3 Å². The zero-order chi connectivity index (χ0) is 29.5. The van der Waals surface area contributed by atoms with E-state index >= 15 is 0 Å². The molecule has 1 aliphatic heterocycles. The Labute approximate surface area is 241 Å². The van der Waals surface area contributed by atoms with Crippen LogP contribution in [0, 0.1) is 0 Å². The number of aryl methyl sites for hydroxylation is 1. The van der Waals surface area contributed by atoms with Crippen molar-refractivity contribution >= 4 is 57.5 Å². The molecule has 1 aliphatic rings. The predicted molar refractivity (Wildman–Crippen MR) is 158 cm³/mol. The Balaban J connectivity index is 1.36. The van der Waals surface area contributed by atoms with E-state index in [2.05, 4.69) is 15.6 Å². The molecule has 41 heavy (non-hydrogen) atoms. The third-order valence-electron chi connectivity index (χ3n) is 6.66. The van der Waals surface area contributed by atoms with Gasteiger partial charge in [0.25, 0.3) is 11.8 Å². The van der Waals surface area contributed by atoms with E-state index < -0.39 is 17.6 Å². The first-order valence-electron chi connectivity index (χ1n) is 13.0. The fourth-order valence-corrected chi connectivity index (χ4v) is 5.19. The summed E-state index contributed by atoms with van der Waals surface area (Å²) in [7, 11) is 1.66. The first kappa shape index (κ1) is 28.0. The van der Waals surface area contributed by atoms with Gasteiger partial charge in [0.15, 0.2) is 5.82 Å². The third kappa shape index (κ3) is 5.69. The average Bonchev–Trinajstić information content (AvgIpc) is 3.47. The van der Waals surface area contributed by atoms with E-state index in [0.29, 0.717) is 29.2 Å². The van der Waals surface area contributed by atoms with E-state index in [9.17, 15) is 19.5 Å². The van der Waals surface area contributed by atoms with Gasteiger partial charge in [-0.05, 0) is 49.9 Å². The highest BCUT2D eigenvalue weighted by Crippen LogP contribution is 2.45. The van der Waals surface area contributed by atoms with Crippen LogP contribution >= 0.6 is 11.6 Å². The lowest BCUT2D eigenvalue weighted by Gasteiger charge is -2.19. The van der Waals surface area contributed by atoms with Gasteiger partial charge in [-0.1, -0.05) is 30.3 Å². The van der Waals surface area contributed by atoms with Gasteiger partial charge >= 0.3 is 6.09 Å². The molecule has 5 rings (SSSR count). The number of imidazole rings is 1. The van der Waals surface area contributed by atoms with E-state index in [1.54, 1.807) is 63.2 Å². The Morgan fingerprint density at radius 2 is 1.80 bits per heavy atom. The number of aromatic hydroxyl groups is 1. The van der Waals surface area contributed by atoms with E-state index in [1.165, 1.54) is 10.6 Å². The summed E-state index contributed by atoms with van der Waals surface area (Å²) in [5, 5.41) is 17.5. The van der Waals surface area contributed by atoms with Gasteiger partial charge in [-0.25, -0.2) is 9.78 Å². The van der Waals surface area contributed by atoms with Crippen molar-refractivity contribution in [1.29, 1.82) is 0 Å². The molecule has 0 bridgehead atoms. The quantitative estimate of drug-likeness (QED) is 0.256. The number of carbonyl (C=O) groups is 3. The molecule has 0 saturated heterocycles. The topological polar surface area (TPSA) is 126 Å². The summed E-state index contributed by atoms with van der Waals surface area (Å²) in [5.74, 6) is -0.323. The number of amides is 3. The lowest BCUT2D eigenvalue weighted by molar-refractivity contribution is 0.0635. The van der Waals surface area contributed by atoms with Crippen LogP contribution in [0.1, 0.15) is 53.2 Å². The maximum atomic E-state index is 13.7. The second-order valence-electron chi connectivity index (χ2n) is 10.9. The van der Waals surface area contributed by atoms with Crippen LogP contribution in [0.25, 0.3) is 10.8 Å². The number of nitrogens with one attached hydrogen (secondary N) is 2. The van der Waals surface area contributed by atoms with Crippen molar-refractivity contribution in [3.8, 4) is 5.75 Å². The number of hydrogen-bond acceptors (Lipinski definition) is 6. The molecule has 1 aromatic heterocycles. The molecular formula is C30H30ClN5O5. The number of phenols is 1. The maximum absolute atomic E-state index is 13.7. The number of hydrogen-bond donors (Lipinski definition) is 3. The Morgan fingerprint density at radius 3 is 2.51 bits per heavy atom. The van der Waals surface area contributed by atoms with E-state index in [-0.39, 0.29) is 34.8 Å². The lowest BCUT2D eigenvalue weighted by Crippen LogP contribution is -2.32. The minimum absolute atomic E-state index is 0.0727. The van der Waals surface area contributed by atoms with Crippen LogP contribution in [0.4, 0.5) is 22.0 Å². The summed E-state index contributed by atoms with van der Waals surface area (Å²) in [5.41, 5.74) is 1.49. The zero-order valence-corrected chi connectivity index (χ0v) is 23.8. The van der Waals surface area contributed by atoms with Crippen LogP contribution in [0.3, 0.4) is 0 Å². The first-order chi connectivity index (χ1) is 19.4. The van der Waals surface area contributed by atoms with Gasteiger partial charge in [0.1, 0.15) is 11.4 Å². The van der Waals surface area contributed by atoms with Crippen molar-refractivity contribution in [3.05, 3.63) is 77.7 Å². The Kier molecular flexibility index (Phi) is 7.35. The number of aromatic nitrogens is 2. The van der Waals surface area contributed by atoms with Crippen molar-refractivity contribution in [3.63, 3.8) is 0 Å². The van der Waals surface area contributed by atoms with Gasteiger partial charge in [0, 0.05) is 54.3 Å². The maximum Gasteiger partial charge on any atom is 0.412 e. The summed E-state index contributed by atoms with van der Waals surface area (Å²) in [6.07, 6.45) is 0.908. The molecule has 0 fully saturated rings. The number of ether oxygens (including phenoxy) is 1. The van der Waals surface area contributed by atoms with Gasteiger partial charge in [0.05, 0.1) is 5.69 Å². The largest absolute Gasteiger partial charge is 0.507 e. The van der Waals surface area contributed by atoms with Gasteiger partial charge in [-0.3, -0.25) is 14.9 Å². The summed E-state index contributed by atoms with van der Waals surface area (Å²) < 4.78 is 6.80. The monoisotopic (exact) mass is 575 g/mol. The number of phenolic OH excluding ortho intramolecular Hbond substituents is 1.